The number of nitrogen functional groups attached to an aromatic ring is 1. The maximum Gasteiger partial charge on any atom is 0.255 e. The number of ketones is 1. The Kier molecular flexibility index (Phi) is 10.7. The van der Waals surface area contributed by atoms with Crippen molar-refractivity contribution in [1.82, 2.24) is 39.8 Å². The summed E-state index contributed by atoms with van der Waals surface area (Å²) in [5, 5.41) is 8.08. The second kappa shape index (κ2) is 16.8. The third-order valence-electron chi connectivity index (χ3n) is 12.8. The Labute approximate surface area is 367 Å². The molecule has 3 aromatic heterocycles. The van der Waals surface area contributed by atoms with E-state index in [1.807, 2.05) is 47.3 Å². The lowest BCUT2D eigenvalue weighted by molar-refractivity contribution is -0.136. The molecule has 3 amide bonds. The Hall–Kier alpha value is -7.27. The number of methoxy groups -OCH3 is 1. The van der Waals surface area contributed by atoms with Gasteiger partial charge in [0.2, 0.25) is 11.8 Å². The Morgan fingerprint density at radius 3 is 2.45 bits per heavy atom. The van der Waals surface area contributed by atoms with Gasteiger partial charge in [0.05, 0.1) is 24.1 Å². The van der Waals surface area contributed by atoms with Gasteiger partial charge in [-0.1, -0.05) is 30.3 Å². The summed E-state index contributed by atoms with van der Waals surface area (Å²) in [5.74, 6) is 0.0655. The van der Waals surface area contributed by atoms with Crippen molar-refractivity contribution in [3.63, 3.8) is 0 Å². The summed E-state index contributed by atoms with van der Waals surface area (Å²) in [6, 6.07) is 21.3. The number of imide groups is 1. The number of aromatic nitrogens is 5. The van der Waals surface area contributed by atoms with Crippen LogP contribution in [0.2, 0.25) is 0 Å². The summed E-state index contributed by atoms with van der Waals surface area (Å²) >= 11 is 0. The van der Waals surface area contributed by atoms with E-state index in [0.717, 1.165) is 66.5 Å². The highest BCUT2D eigenvalue weighted by molar-refractivity contribution is 6.05. The van der Waals surface area contributed by atoms with Gasteiger partial charge < -0.3 is 25.2 Å². The van der Waals surface area contributed by atoms with Gasteiger partial charge in [-0.2, -0.15) is 5.10 Å². The van der Waals surface area contributed by atoms with Gasteiger partial charge in [-0.05, 0) is 72.0 Å². The lowest BCUT2D eigenvalue weighted by Crippen LogP contribution is -2.52. The zero-order chi connectivity index (χ0) is 44.1. The van der Waals surface area contributed by atoms with Gasteiger partial charge in [-0.25, -0.2) is 24.0 Å². The monoisotopic (exact) mass is 863 g/mol. The number of piperidine rings is 1. The second-order valence-electron chi connectivity index (χ2n) is 16.8. The molecular weight excluding hydrogens is 818 g/mol. The predicted octanol–water partition coefficient (Wildman–Crippen LogP) is 4.58. The van der Waals surface area contributed by atoms with Crippen molar-refractivity contribution < 1.29 is 28.3 Å². The standard InChI is InChI=1S/C47H46FN11O5/c1-64-39-13-8-32(48)21-36(39)38(60)12-4-28-2-6-30(7-3-28)43-42-44(49)51-27-52-45(42)59(54-43)34-25-57(26-34)40-14-5-29(22-50-40)23-55-16-18-56(19-17-55)33-9-10-35-31(20-33)24-58(47(35)63)37-11-15-41(61)53-46(37)62/h2-3,5-10,13-14,20-22,27,34,37H,4,11-12,15-19,23-26H2,1H3,(H2,49,51,52)(H,53,61,62)/t37-/m0/s1. The molecule has 0 bridgehead atoms. The molecule has 10 rings (SSSR count). The fourth-order valence-electron chi connectivity index (χ4n) is 9.25. The largest absolute Gasteiger partial charge is 0.496 e. The number of hydrogen-bond acceptors (Lipinski definition) is 13. The number of nitrogens with two attached hydrogens (primary N) is 1. The number of halogens is 1. The van der Waals surface area contributed by atoms with E-state index in [1.165, 1.54) is 31.6 Å². The van der Waals surface area contributed by atoms with Gasteiger partial charge in [0.1, 0.15) is 41.3 Å². The number of aryl methyl sites for hydroxylation is 1. The first kappa shape index (κ1) is 40.8. The number of rotatable bonds is 12. The van der Waals surface area contributed by atoms with Crippen LogP contribution in [0.4, 0.5) is 21.7 Å². The quantitative estimate of drug-likeness (QED) is 0.129. The first-order valence-electron chi connectivity index (χ1n) is 21.5. The minimum atomic E-state index is -0.623. The van der Waals surface area contributed by atoms with Crippen LogP contribution in [0.15, 0.2) is 85.3 Å². The SMILES string of the molecule is COc1ccc(F)cc1C(=O)CCc1ccc(-c2nn(C3CN(c4ccc(CN5CCN(c6ccc7c(c6)CN([C@H]6CCC(=O)NC6=O)C7=O)CC5)cn4)C3)c3ncnc(N)c23)cc1. The molecule has 7 heterocycles. The van der Waals surface area contributed by atoms with Gasteiger partial charge in [-0.3, -0.25) is 29.4 Å². The number of ether oxygens (including phenoxy) is 1. The number of carbonyl (C=O) groups excluding carboxylic acids is 4. The second-order valence-corrected chi connectivity index (χ2v) is 16.8. The highest BCUT2D eigenvalue weighted by Gasteiger charge is 2.39. The molecule has 0 unspecified atom stereocenters. The van der Waals surface area contributed by atoms with Gasteiger partial charge >= 0.3 is 0 Å². The number of hydrogen-bond donors (Lipinski definition) is 2. The number of Topliss-reactive ketones (excluding diaryl/α,β-unsaturated/α-hetero) is 1. The van der Waals surface area contributed by atoms with Crippen molar-refractivity contribution >= 4 is 51.9 Å². The Balaban J connectivity index is 0.730. The topological polar surface area (TPSA) is 185 Å². The van der Waals surface area contributed by atoms with Gasteiger partial charge in [-0.15, -0.1) is 0 Å². The number of piperazine rings is 1. The number of benzene rings is 3. The molecule has 4 aliphatic rings. The van der Waals surface area contributed by atoms with Crippen LogP contribution in [0.25, 0.3) is 22.3 Å². The number of nitrogens with zero attached hydrogens (tertiary/aromatic N) is 9. The van der Waals surface area contributed by atoms with E-state index in [0.29, 0.717) is 66.3 Å². The number of amides is 3. The van der Waals surface area contributed by atoms with Crippen molar-refractivity contribution in [3.8, 4) is 17.0 Å². The average molecular weight is 864 g/mol. The fourth-order valence-corrected chi connectivity index (χ4v) is 9.25. The molecule has 3 fully saturated rings. The molecule has 3 aromatic carbocycles. The molecule has 0 spiro atoms. The molecule has 16 nitrogen and oxygen atoms in total. The summed E-state index contributed by atoms with van der Waals surface area (Å²) in [4.78, 5) is 72.5. The molecule has 3 N–H and O–H groups in total. The minimum absolute atomic E-state index is 0.0452. The van der Waals surface area contributed by atoms with Crippen LogP contribution in [-0.2, 0) is 29.1 Å². The zero-order valence-electron chi connectivity index (χ0n) is 35.2. The summed E-state index contributed by atoms with van der Waals surface area (Å²) in [6.45, 7) is 5.98. The lowest BCUT2D eigenvalue weighted by Gasteiger charge is -2.40. The molecule has 0 radical (unpaired) electrons. The van der Waals surface area contributed by atoms with Crippen molar-refractivity contribution in [2.75, 3.05) is 61.9 Å². The van der Waals surface area contributed by atoms with Crippen LogP contribution in [-0.4, -0.2) is 110 Å². The summed E-state index contributed by atoms with van der Waals surface area (Å²) in [7, 11) is 1.46. The van der Waals surface area contributed by atoms with Crippen LogP contribution >= 0.6 is 0 Å². The summed E-state index contributed by atoms with van der Waals surface area (Å²) < 4.78 is 21.1. The molecule has 64 heavy (non-hydrogen) atoms. The fraction of sp³-hybridized carbons (Fsp3) is 0.319. The van der Waals surface area contributed by atoms with E-state index in [2.05, 4.69) is 48.2 Å². The van der Waals surface area contributed by atoms with Crippen LogP contribution in [0, 0.1) is 5.82 Å². The maximum atomic E-state index is 13.9. The van der Waals surface area contributed by atoms with E-state index in [-0.39, 0.29) is 42.0 Å². The number of nitrogens with one attached hydrogen (secondary N) is 1. The van der Waals surface area contributed by atoms with Crippen molar-refractivity contribution in [2.45, 2.75) is 50.9 Å². The Morgan fingerprint density at radius 2 is 1.70 bits per heavy atom. The van der Waals surface area contributed by atoms with E-state index >= 15 is 0 Å². The molecule has 17 heteroatoms. The Morgan fingerprint density at radius 1 is 0.906 bits per heavy atom. The van der Waals surface area contributed by atoms with Gasteiger partial charge in [0.25, 0.3) is 5.91 Å². The van der Waals surface area contributed by atoms with Gasteiger partial charge in [0, 0.05) is 88.2 Å². The number of anilines is 3. The molecule has 3 saturated heterocycles. The summed E-state index contributed by atoms with van der Waals surface area (Å²) in [5.41, 5.74) is 13.5. The third-order valence-corrected chi connectivity index (χ3v) is 12.8. The first-order valence-corrected chi connectivity index (χ1v) is 21.5. The highest BCUT2D eigenvalue weighted by Crippen LogP contribution is 2.36. The summed E-state index contributed by atoms with van der Waals surface area (Å²) in [6.07, 6.45) is 4.67. The molecule has 0 saturated carbocycles. The van der Waals surface area contributed by atoms with Gasteiger partial charge in [0.15, 0.2) is 11.4 Å². The maximum absolute atomic E-state index is 13.9. The van der Waals surface area contributed by atoms with Crippen molar-refractivity contribution in [1.29, 1.82) is 0 Å². The number of fused-ring (bicyclic) bond motifs is 2. The van der Waals surface area contributed by atoms with Crippen LogP contribution < -0.4 is 25.6 Å². The van der Waals surface area contributed by atoms with Crippen LogP contribution in [0.3, 0.4) is 0 Å². The van der Waals surface area contributed by atoms with Crippen LogP contribution in [0.1, 0.15) is 62.7 Å². The van der Waals surface area contributed by atoms with E-state index in [9.17, 15) is 23.6 Å². The van der Waals surface area contributed by atoms with Crippen LogP contribution in [0.5, 0.6) is 5.75 Å². The third kappa shape index (κ3) is 7.76. The minimum Gasteiger partial charge on any atom is -0.496 e. The van der Waals surface area contributed by atoms with E-state index in [4.69, 9.17) is 20.6 Å². The molecule has 0 aliphatic carbocycles. The normalized spacial score (nSPS) is 18.1. The molecular formula is C47H46FN11O5. The number of pyridine rings is 1. The van der Waals surface area contributed by atoms with Crippen molar-refractivity contribution in [2.24, 2.45) is 0 Å². The molecule has 4 aliphatic heterocycles. The van der Waals surface area contributed by atoms with E-state index < -0.39 is 17.8 Å². The molecule has 1 atom stereocenters. The van der Waals surface area contributed by atoms with Crippen molar-refractivity contribution in [3.05, 3.63) is 119 Å². The number of carbonyl (C=O) groups is 4. The van der Waals surface area contributed by atoms with E-state index in [1.54, 1.807) is 4.90 Å². The smallest absolute Gasteiger partial charge is 0.255 e. The highest BCUT2D eigenvalue weighted by atomic mass is 19.1. The molecule has 326 valence electrons. The predicted molar refractivity (Wildman–Crippen MR) is 236 cm³/mol. The Bertz CT molecular complexity index is 2800. The first-order chi connectivity index (χ1) is 31.1. The molecule has 6 aromatic rings. The average Bonchev–Trinajstić information content (AvgIpc) is 3.84. The zero-order valence-corrected chi connectivity index (χ0v) is 35.2. The lowest BCUT2D eigenvalue weighted by atomic mass is 10.00.